The maximum atomic E-state index is 10.7. The Morgan fingerprint density at radius 2 is 1.62 bits per heavy atom. The highest BCUT2D eigenvalue weighted by Gasteiger charge is 2.24. The smallest absolute Gasteiger partial charge is 0.0722 e. The largest absolute Gasteiger partial charge is 0.391 e. The number of hydrogen-bond donors (Lipinski definition) is 1. The van der Waals surface area contributed by atoms with Gasteiger partial charge in [0, 0.05) is 36.1 Å². The Bertz CT molecular complexity index is 839. The van der Waals surface area contributed by atoms with Crippen LogP contribution in [-0.4, -0.2) is 33.2 Å². The second-order valence-corrected chi connectivity index (χ2v) is 7.89. The number of para-hydroxylation sites is 1. The third-order valence-electron chi connectivity index (χ3n) is 4.70. The van der Waals surface area contributed by atoms with Gasteiger partial charge in [0.05, 0.1) is 11.6 Å². The lowest BCUT2D eigenvalue weighted by Crippen LogP contribution is -2.45. The number of pyridine rings is 1. The molecule has 3 rings (SSSR count). The molecular formula is C23H28N2O. The van der Waals surface area contributed by atoms with Crippen LogP contribution in [0.15, 0.2) is 66.7 Å². The molecule has 0 radical (unpaired) electrons. The van der Waals surface area contributed by atoms with E-state index in [-0.39, 0.29) is 5.54 Å². The van der Waals surface area contributed by atoms with E-state index in [9.17, 15) is 5.11 Å². The van der Waals surface area contributed by atoms with Crippen LogP contribution in [0.1, 0.15) is 32.0 Å². The van der Waals surface area contributed by atoms with Gasteiger partial charge < -0.3 is 5.11 Å². The molecule has 1 aromatic heterocycles. The fourth-order valence-electron chi connectivity index (χ4n) is 3.16. The summed E-state index contributed by atoms with van der Waals surface area (Å²) in [5.41, 5.74) is 3.16. The van der Waals surface area contributed by atoms with Crippen molar-refractivity contribution in [3.05, 3.63) is 78.0 Å². The number of benzene rings is 2. The van der Waals surface area contributed by atoms with Crippen LogP contribution in [0.4, 0.5) is 0 Å². The molecule has 0 amide bonds. The monoisotopic (exact) mass is 348 g/mol. The van der Waals surface area contributed by atoms with Crippen LogP contribution in [0.3, 0.4) is 0 Å². The number of β-amino-alcohol motifs (C(OH)–C–C–N with tert-alkyl or cyclic N) is 1. The van der Waals surface area contributed by atoms with Crippen LogP contribution in [0.5, 0.6) is 0 Å². The minimum absolute atomic E-state index is 0.0202. The number of rotatable bonds is 6. The average Bonchev–Trinajstić information content (AvgIpc) is 2.61. The average molecular weight is 348 g/mol. The van der Waals surface area contributed by atoms with Crippen molar-refractivity contribution in [1.82, 2.24) is 9.88 Å². The van der Waals surface area contributed by atoms with Crippen molar-refractivity contribution in [3.8, 4) is 0 Å². The predicted molar refractivity (Wildman–Crippen MR) is 108 cm³/mol. The first kappa shape index (κ1) is 18.6. The Kier molecular flexibility index (Phi) is 5.70. The van der Waals surface area contributed by atoms with Gasteiger partial charge >= 0.3 is 0 Å². The molecule has 3 aromatic rings. The lowest BCUT2D eigenvalue weighted by molar-refractivity contribution is 0.0526. The zero-order valence-electron chi connectivity index (χ0n) is 15.9. The summed E-state index contributed by atoms with van der Waals surface area (Å²) < 4.78 is 0. The Labute approximate surface area is 156 Å². The minimum Gasteiger partial charge on any atom is -0.391 e. The van der Waals surface area contributed by atoms with Gasteiger partial charge in [-0.3, -0.25) is 9.88 Å². The zero-order chi connectivity index (χ0) is 18.6. The number of aromatic nitrogens is 1. The van der Waals surface area contributed by atoms with Gasteiger partial charge in [-0.15, -0.1) is 0 Å². The van der Waals surface area contributed by atoms with Crippen molar-refractivity contribution in [2.24, 2.45) is 0 Å². The van der Waals surface area contributed by atoms with E-state index in [4.69, 9.17) is 4.98 Å². The van der Waals surface area contributed by atoms with E-state index >= 15 is 0 Å². The van der Waals surface area contributed by atoms with Gasteiger partial charge in [-0.25, -0.2) is 0 Å². The molecule has 1 atom stereocenters. The van der Waals surface area contributed by atoms with Gasteiger partial charge in [0.15, 0.2) is 0 Å². The van der Waals surface area contributed by atoms with Crippen LogP contribution >= 0.6 is 0 Å². The van der Waals surface area contributed by atoms with Crippen LogP contribution in [0.2, 0.25) is 0 Å². The van der Waals surface area contributed by atoms with Crippen molar-refractivity contribution < 1.29 is 5.11 Å². The first-order valence-electron chi connectivity index (χ1n) is 9.23. The molecule has 0 bridgehead atoms. The predicted octanol–water partition coefficient (Wildman–Crippen LogP) is 4.44. The lowest BCUT2D eigenvalue weighted by atomic mass is 10.0. The molecule has 0 unspecified atom stereocenters. The normalized spacial score (nSPS) is 13.3. The summed E-state index contributed by atoms with van der Waals surface area (Å²) in [6.45, 7) is 8.02. The molecule has 0 aliphatic rings. The van der Waals surface area contributed by atoms with Crippen molar-refractivity contribution in [1.29, 1.82) is 0 Å². The molecule has 1 heterocycles. The van der Waals surface area contributed by atoms with E-state index in [1.807, 2.05) is 30.3 Å². The van der Waals surface area contributed by atoms with Gasteiger partial charge in [0.25, 0.3) is 0 Å². The highest BCUT2D eigenvalue weighted by molar-refractivity contribution is 5.78. The second kappa shape index (κ2) is 7.98. The minimum atomic E-state index is -0.452. The summed E-state index contributed by atoms with van der Waals surface area (Å²) in [5, 5.41) is 11.8. The summed E-state index contributed by atoms with van der Waals surface area (Å²) in [7, 11) is 0. The molecular weight excluding hydrogens is 320 g/mol. The van der Waals surface area contributed by atoms with Crippen LogP contribution in [0.25, 0.3) is 10.9 Å². The van der Waals surface area contributed by atoms with Gasteiger partial charge in [-0.05, 0) is 38.5 Å². The fourth-order valence-corrected chi connectivity index (χ4v) is 3.16. The summed E-state index contributed by atoms with van der Waals surface area (Å²) >= 11 is 0. The van der Waals surface area contributed by atoms with Crippen molar-refractivity contribution >= 4 is 10.9 Å². The second-order valence-electron chi connectivity index (χ2n) is 7.89. The first-order chi connectivity index (χ1) is 12.4. The Balaban J connectivity index is 1.69. The lowest BCUT2D eigenvalue weighted by Gasteiger charge is -2.37. The number of aliphatic hydroxyl groups is 1. The molecule has 26 heavy (non-hydrogen) atoms. The van der Waals surface area contributed by atoms with Crippen LogP contribution < -0.4 is 0 Å². The summed E-state index contributed by atoms with van der Waals surface area (Å²) in [6, 6.07) is 22.6. The number of aliphatic hydroxyl groups excluding tert-OH is 1. The molecule has 0 spiro atoms. The van der Waals surface area contributed by atoms with E-state index < -0.39 is 6.10 Å². The van der Waals surface area contributed by atoms with Gasteiger partial charge in [0.2, 0.25) is 0 Å². The van der Waals surface area contributed by atoms with Crippen LogP contribution in [-0.2, 0) is 13.0 Å². The molecule has 2 aromatic carbocycles. The first-order valence-corrected chi connectivity index (χ1v) is 9.23. The molecule has 0 aliphatic heterocycles. The van der Waals surface area contributed by atoms with Gasteiger partial charge in [-0.1, -0.05) is 54.6 Å². The summed E-state index contributed by atoms with van der Waals surface area (Å²) in [5.74, 6) is 0. The standard InChI is InChI=1S/C23H28N2O/c1-23(2,3)25(16-18-9-5-4-6-10-18)17-21(26)15-20-14-13-19-11-7-8-12-22(19)24-20/h4-14,21,26H,15-17H2,1-3H3/t21-/m0/s1. The molecule has 0 saturated heterocycles. The van der Waals surface area contributed by atoms with Crippen molar-refractivity contribution in [3.63, 3.8) is 0 Å². The molecule has 0 fully saturated rings. The Hall–Kier alpha value is -2.23. The van der Waals surface area contributed by atoms with E-state index in [1.54, 1.807) is 0 Å². The summed E-state index contributed by atoms with van der Waals surface area (Å²) in [4.78, 5) is 7.02. The van der Waals surface area contributed by atoms with Crippen molar-refractivity contribution in [2.75, 3.05) is 6.54 Å². The summed E-state index contributed by atoms with van der Waals surface area (Å²) in [6.07, 6.45) is 0.109. The molecule has 0 saturated carbocycles. The number of fused-ring (bicyclic) bond motifs is 1. The number of hydrogen-bond acceptors (Lipinski definition) is 3. The van der Waals surface area contributed by atoms with Crippen molar-refractivity contribution in [2.45, 2.75) is 45.4 Å². The third kappa shape index (κ3) is 4.90. The number of nitrogens with zero attached hydrogens (tertiary/aromatic N) is 2. The maximum Gasteiger partial charge on any atom is 0.0722 e. The van der Waals surface area contributed by atoms with Gasteiger partial charge in [-0.2, -0.15) is 0 Å². The Morgan fingerprint density at radius 3 is 2.35 bits per heavy atom. The molecule has 1 N–H and O–H groups in total. The van der Waals surface area contributed by atoms with Crippen LogP contribution in [0, 0.1) is 0 Å². The zero-order valence-corrected chi connectivity index (χ0v) is 15.9. The molecule has 3 heteroatoms. The molecule has 3 nitrogen and oxygen atoms in total. The van der Waals surface area contributed by atoms with E-state index in [2.05, 4.69) is 62.1 Å². The highest BCUT2D eigenvalue weighted by Crippen LogP contribution is 2.19. The van der Waals surface area contributed by atoms with E-state index in [0.29, 0.717) is 13.0 Å². The van der Waals surface area contributed by atoms with E-state index in [0.717, 1.165) is 23.1 Å². The highest BCUT2D eigenvalue weighted by atomic mass is 16.3. The molecule has 0 aliphatic carbocycles. The van der Waals surface area contributed by atoms with Gasteiger partial charge in [0.1, 0.15) is 0 Å². The maximum absolute atomic E-state index is 10.7. The quantitative estimate of drug-likeness (QED) is 0.715. The fraction of sp³-hybridized carbons (Fsp3) is 0.348. The topological polar surface area (TPSA) is 36.4 Å². The molecule has 136 valence electrons. The third-order valence-corrected chi connectivity index (χ3v) is 4.70. The van der Waals surface area contributed by atoms with E-state index in [1.165, 1.54) is 5.56 Å². The Morgan fingerprint density at radius 1 is 0.923 bits per heavy atom. The SMILES string of the molecule is CC(C)(C)N(Cc1ccccc1)C[C@@H](O)Cc1ccc2ccccc2n1.